The van der Waals surface area contributed by atoms with E-state index in [1.54, 1.807) is 13.3 Å². The Morgan fingerprint density at radius 2 is 2.27 bits per heavy atom. The van der Waals surface area contributed by atoms with Crippen LogP contribution in [0.1, 0.15) is 5.56 Å². The van der Waals surface area contributed by atoms with Crippen LogP contribution in [-0.4, -0.2) is 12.1 Å². The van der Waals surface area contributed by atoms with Crippen molar-refractivity contribution < 1.29 is 4.74 Å². The molecular formula is C7H9BrN2O. The van der Waals surface area contributed by atoms with E-state index in [1.807, 2.05) is 6.92 Å². The second-order valence-corrected chi connectivity index (χ2v) is 3.00. The molecule has 4 heteroatoms. The third kappa shape index (κ3) is 1.45. The monoisotopic (exact) mass is 216 g/mol. The van der Waals surface area contributed by atoms with Crippen molar-refractivity contribution in [1.29, 1.82) is 0 Å². The van der Waals surface area contributed by atoms with Crippen molar-refractivity contribution in [3.63, 3.8) is 0 Å². The molecule has 0 saturated heterocycles. The van der Waals surface area contributed by atoms with E-state index in [4.69, 9.17) is 10.5 Å². The molecule has 2 N–H and O–H groups in total. The molecule has 1 rings (SSSR count). The summed E-state index contributed by atoms with van der Waals surface area (Å²) in [5, 5.41) is 0. The molecule has 0 atom stereocenters. The number of anilines is 1. The molecule has 1 aromatic rings. The molecule has 0 spiro atoms. The van der Waals surface area contributed by atoms with Crippen LogP contribution in [-0.2, 0) is 0 Å². The predicted octanol–water partition coefficient (Wildman–Crippen LogP) is 1.74. The molecule has 0 unspecified atom stereocenters. The number of hydrogen-bond acceptors (Lipinski definition) is 3. The Morgan fingerprint density at radius 1 is 1.64 bits per heavy atom. The highest BCUT2D eigenvalue weighted by atomic mass is 79.9. The maximum Gasteiger partial charge on any atom is 0.141 e. The normalized spacial score (nSPS) is 9.73. The molecule has 11 heavy (non-hydrogen) atoms. The van der Waals surface area contributed by atoms with Crippen molar-refractivity contribution in [2.45, 2.75) is 6.92 Å². The molecule has 0 bridgehead atoms. The molecule has 1 aromatic heterocycles. The smallest absolute Gasteiger partial charge is 0.141 e. The van der Waals surface area contributed by atoms with E-state index < -0.39 is 0 Å². The van der Waals surface area contributed by atoms with Crippen LogP contribution in [0, 0.1) is 6.92 Å². The van der Waals surface area contributed by atoms with Gasteiger partial charge in [-0.1, -0.05) is 0 Å². The topological polar surface area (TPSA) is 48.1 Å². The quantitative estimate of drug-likeness (QED) is 0.779. The minimum absolute atomic E-state index is 0.505. The summed E-state index contributed by atoms with van der Waals surface area (Å²) in [6, 6.07) is 0. The SMILES string of the molecule is COc1c(Br)cnc(N)c1C. The Bertz CT molecular complexity index is 275. The Labute approximate surface area is 73.7 Å². The Hall–Kier alpha value is -0.770. The zero-order valence-corrected chi connectivity index (χ0v) is 7.97. The van der Waals surface area contributed by atoms with Gasteiger partial charge in [-0.15, -0.1) is 0 Å². The van der Waals surface area contributed by atoms with E-state index in [2.05, 4.69) is 20.9 Å². The summed E-state index contributed by atoms with van der Waals surface area (Å²) >= 11 is 3.30. The molecule has 3 nitrogen and oxygen atoms in total. The molecule has 0 aliphatic rings. The highest BCUT2D eigenvalue weighted by Gasteiger charge is 2.06. The van der Waals surface area contributed by atoms with Gasteiger partial charge in [0.25, 0.3) is 0 Å². The van der Waals surface area contributed by atoms with Crippen LogP contribution in [0.2, 0.25) is 0 Å². The predicted molar refractivity (Wildman–Crippen MR) is 47.6 cm³/mol. The third-order valence-corrected chi connectivity index (χ3v) is 2.03. The number of hydrogen-bond donors (Lipinski definition) is 1. The molecule has 0 saturated carbocycles. The summed E-state index contributed by atoms with van der Waals surface area (Å²) in [5.41, 5.74) is 6.42. The Morgan fingerprint density at radius 3 is 2.73 bits per heavy atom. The van der Waals surface area contributed by atoms with Crippen molar-refractivity contribution in [3.8, 4) is 5.75 Å². The van der Waals surface area contributed by atoms with E-state index >= 15 is 0 Å². The molecule has 0 aliphatic heterocycles. The van der Waals surface area contributed by atoms with Crippen LogP contribution in [0.4, 0.5) is 5.82 Å². The zero-order chi connectivity index (χ0) is 8.43. The standard InChI is InChI=1S/C7H9BrN2O/c1-4-6(11-2)5(8)3-10-7(4)9/h3H,1-2H3,(H2,9,10). The van der Waals surface area contributed by atoms with Crippen LogP contribution >= 0.6 is 15.9 Å². The van der Waals surface area contributed by atoms with Crippen molar-refractivity contribution in [2.24, 2.45) is 0 Å². The summed E-state index contributed by atoms with van der Waals surface area (Å²) < 4.78 is 5.92. The lowest BCUT2D eigenvalue weighted by molar-refractivity contribution is 0.408. The first-order valence-electron chi connectivity index (χ1n) is 3.11. The second kappa shape index (κ2) is 3.09. The summed E-state index contributed by atoms with van der Waals surface area (Å²) in [4.78, 5) is 3.94. The third-order valence-electron chi connectivity index (χ3n) is 1.46. The van der Waals surface area contributed by atoms with Gasteiger partial charge in [-0.05, 0) is 22.9 Å². The Kier molecular flexibility index (Phi) is 2.34. The summed E-state index contributed by atoms with van der Waals surface area (Å²) in [6.07, 6.45) is 1.63. The van der Waals surface area contributed by atoms with Gasteiger partial charge in [0.05, 0.1) is 11.6 Å². The van der Waals surface area contributed by atoms with Crippen molar-refractivity contribution in [1.82, 2.24) is 4.98 Å². The molecule has 0 aromatic carbocycles. The molecule has 60 valence electrons. The van der Waals surface area contributed by atoms with Crippen LogP contribution in [0.15, 0.2) is 10.7 Å². The van der Waals surface area contributed by atoms with E-state index in [0.29, 0.717) is 5.82 Å². The van der Waals surface area contributed by atoms with Gasteiger partial charge in [0.1, 0.15) is 11.6 Å². The van der Waals surface area contributed by atoms with E-state index in [9.17, 15) is 0 Å². The number of halogens is 1. The highest BCUT2D eigenvalue weighted by molar-refractivity contribution is 9.10. The number of rotatable bonds is 1. The van der Waals surface area contributed by atoms with Gasteiger partial charge in [0.2, 0.25) is 0 Å². The maximum absolute atomic E-state index is 5.55. The summed E-state index contributed by atoms with van der Waals surface area (Å²) in [6.45, 7) is 1.87. The minimum Gasteiger partial charge on any atom is -0.495 e. The van der Waals surface area contributed by atoms with Gasteiger partial charge >= 0.3 is 0 Å². The number of aromatic nitrogens is 1. The number of nitrogens with zero attached hydrogens (tertiary/aromatic N) is 1. The van der Waals surface area contributed by atoms with Crippen LogP contribution in [0.5, 0.6) is 5.75 Å². The minimum atomic E-state index is 0.505. The first-order chi connectivity index (χ1) is 5.16. The summed E-state index contributed by atoms with van der Waals surface area (Å²) in [7, 11) is 1.60. The average molecular weight is 217 g/mol. The molecule has 0 radical (unpaired) electrons. The number of ether oxygens (including phenoxy) is 1. The first-order valence-corrected chi connectivity index (χ1v) is 3.90. The van der Waals surface area contributed by atoms with E-state index in [1.165, 1.54) is 0 Å². The van der Waals surface area contributed by atoms with E-state index in [-0.39, 0.29) is 0 Å². The molecule has 0 amide bonds. The van der Waals surface area contributed by atoms with Crippen LogP contribution in [0.3, 0.4) is 0 Å². The van der Waals surface area contributed by atoms with Crippen molar-refractivity contribution >= 4 is 21.7 Å². The van der Waals surface area contributed by atoms with Crippen LogP contribution < -0.4 is 10.5 Å². The van der Waals surface area contributed by atoms with Gasteiger partial charge in [-0.3, -0.25) is 0 Å². The lowest BCUT2D eigenvalue weighted by atomic mass is 10.2. The highest BCUT2D eigenvalue weighted by Crippen LogP contribution is 2.29. The number of nitrogen functional groups attached to an aromatic ring is 1. The maximum atomic E-state index is 5.55. The lowest BCUT2D eigenvalue weighted by Gasteiger charge is -2.07. The van der Waals surface area contributed by atoms with Crippen molar-refractivity contribution in [2.75, 3.05) is 12.8 Å². The largest absolute Gasteiger partial charge is 0.495 e. The number of methoxy groups -OCH3 is 1. The van der Waals surface area contributed by atoms with Crippen LogP contribution in [0.25, 0.3) is 0 Å². The number of nitrogens with two attached hydrogens (primary N) is 1. The fourth-order valence-electron chi connectivity index (χ4n) is 0.828. The Balaban J connectivity index is 3.29. The van der Waals surface area contributed by atoms with Gasteiger partial charge < -0.3 is 10.5 Å². The van der Waals surface area contributed by atoms with Gasteiger partial charge in [0, 0.05) is 11.8 Å². The van der Waals surface area contributed by atoms with E-state index in [0.717, 1.165) is 15.8 Å². The zero-order valence-electron chi connectivity index (χ0n) is 6.39. The molecule has 0 aliphatic carbocycles. The van der Waals surface area contributed by atoms with Gasteiger partial charge in [-0.2, -0.15) is 0 Å². The molecule has 0 fully saturated rings. The molecular weight excluding hydrogens is 208 g/mol. The molecule has 1 heterocycles. The first kappa shape index (κ1) is 8.33. The lowest BCUT2D eigenvalue weighted by Crippen LogP contribution is -1.97. The number of pyridine rings is 1. The van der Waals surface area contributed by atoms with Gasteiger partial charge in [0.15, 0.2) is 0 Å². The summed E-state index contributed by atoms with van der Waals surface area (Å²) in [5.74, 6) is 1.25. The fraction of sp³-hybridized carbons (Fsp3) is 0.286. The fourth-order valence-corrected chi connectivity index (χ4v) is 1.39. The van der Waals surface area contributed by atoms with Gasteiger partial charge in [-0.25, -0.2) is 4.98 Å². The van der Waals surface area contributed by atoms with Crippen molar-refractivity contribution in [3.05, 3.63) is 16.2 Å². The second-order valence-electron chi connectivity index (χ2n) is 2.15. The average Bonchev–Trinajstić information content (AvgIpc) is 1.99.